The number of carbonyl (C=O) groups is 1. The predicted octanol–water partition coefficient (Wildman–Crippen LogP) is 2.22. The molecule has 2 aliphatic rings. The number of hydrogen-bond acceptors (Lipinski definition) is 3. The van der Waals surface area contributed by atoms with Crippen molar-refractivity contribution < 1.29 is 9.53 Å². The van der Waals surface area contributed by atoms with Crippen molar-refractivity contribution in [3.05, 3.63) is 23.8 Å². The Kier molecular flexibility index (Phi) is 3.42. The fraction of sp³-hybridized carbons (Fsp3) is 0.533. The number of amides is 1. The van der Waals surface area contributed by atoms with Crippen LogP contribution in [0.15, 0.2) is 18.2 Å². The third kappa shape index (κ3) is 2.89. The van der Waals surface area contributed by atoms with Crippen LogP contribution in [-0.2, 0) is 11.2 Å². The van der Waals surface area contributed by atoms with Crippen LogP contribution < -0.4 is 15.8 Å². The molecule has 1 fully saturated rings. The lowest BCUT2D eigenvalue weighted by molar-refractivity contribution is -0.116. The van der Waals surface area contributed by atoms with Crippen molar-refractivity contribution in [1.82, 2.24) is 0 Å². The number of nitrogens with one attached hydrogen (secondary N) is 1. The minimum Gasteiger partial charge on any atom is -0.490 e. The molecule has 1 aromatic rings. The molecule has 102 valence electrons. The molecule has 0 spiro atoms. The van der Waals surface area contributed by atoms with Crippen LogP contribution in [0.25, 0.3) is 0 Å². The van der Waals surface area contributed by atoms with Crippen LogP contribution in [0.5, 0.6) is 5.75 Å². The van der Waals surface area contributed by atoms with E-state index in [0.717, 1.165) is 43.5 Å². The largest absolute Gasteiger partial charge is 0.490 e. The molecule has 1 aliphatic carbocycles. The maximum absolute atomic E-state index is 11.3. The molecule has 0 bridgehead atoms. The molecule has 4 nitrogen and oxygen atoms in total. The summed E-state index contributed by atoms with van der Waals surface area (Å²) in [6, 6.07) is 6.29. The van der Waals surface area contributed by atoms with Crippen molar-refractivity contribution in [3.63, 3.8) is 0 Å². The average molecular weight is 260 g/mol. The molecular formula is C15H20N2O2. The number of fused-ring (bicyclic) bond motifs is 1. The summed E-state index contributed by atoms with van der Waals surface area (Å²) in [6.07, 6.45) is 5.82. The zero-order valence-corrected chi connectivity index (χ0v) is 11.0. The Morgan fingerprint density at radius 2 is 1.95 bits per heavy atom. The van der Waals surface area contributed by atoms with Gasteiger partial charge in [0.2, 0.25) is 5.91 Å². The first-order chi connectivity index (χ1) is 9.20. The highest BCUT2D eigenvalue weighted by atomic mass is 16.5. The van der Waals surface area contributed by atoms with Crippen LogP contribution in [0.2, 0.25) is 0 Å². The van der Waals surface area contributed by atoms with E-state index in [2.05, 4.69) is 11.4 Å². The minimum atomic E-state index is 0.0995. The summed E-state index contributed by atoms with van der Waals surface area (Å²) in [5.41, 5.74) is 7.99. The lowest BCUT2D eigenvalue weighted by atomic mass is 9.93. The number of ether oxygens (including phenoxy) is 1. The summed E-state index contributed by atoms with van der Waals surface area (Å²) >= 11 is 0. The van der Waals surface area contributed by atoms with E-state index in [4.69, 9.17) is 10.5 Å². The standard InChI is InChI=1S/C15H20N2O2/c16-11-2-4-12(5-3-11)19-13-6-7-14-10(9-13)1-8-15(18)17-14/h6-7,9,11-12H,1-5,8,16H2,(H,17,18). The molecule has 0 radical (unpaired) electrons. The van der Waals surface area contributed by atoms with E-state index in [-0.39, 0.29) is 12.0 Å². The quantitative estimate of drug-likeness (QED) is 0.857. The first-order valence-corrected chi connectivity index (χ1v) is 7.06. The van der Waals surface area contributed by atoms with Crippen molar-refractivity contribution in [2.24, 2.45) is 5.73 Å². The number of hydrogen-bond donors (Lipinski definition) is 2. The van der Waals surface area contributed by atoms with E-state index in [1.165, 1.54) is 5.56 Å². The topological polar surface area (TPSA) is 64.3 Å². The molecule has 0 saturated heterocycles. The number of rotatable bonds is 2. The van der Waals surface area contributed by atoms with Crippen LogP contribution in [0.1, 0.15) is 37.7 Å². The summed E-state index contributed by atoms with van der Waals surface area (Å²) < 4.78 is 6.03. The van der Waals surface area contributed by atoms with Gasteiger partial charge in [-0.2, -0.15) is 0 Å². The maximum Gasteiger partial charge on any atom is 0.224 e. The smallest absolute Gasteiger partial charge is 0.224 e. The zero-order valence-electron chi connectivity index (χ0n) is 11.0. The Hall–Kier alpha value is -1.55. The summed E-state index contributed by atoms with van der Waals surface area (Å²) in [4.78, 5) is 11.3. The van der Waals surface area contributed by atoms with Crippen molar-refractivity contribution in [2.45, 2.75) is 50.7 Å². The molecule has 19 heavy (non-hydrogen) atoms. The third-order valence-corrected chi connectivity index (χ3v) is 3.99. The third-order valence-electron chi connectivity index (χ3n) is 3.99. The van der Waals surface area contributed by atoms with E-state index in [9.17, 15) is 4.79 Å². The van der Waals surface area contributed by atoms with E-state index < -0.39 is 0 Å². The monoisotopic (exact) mass is 260 g/mol. The number of anilines is 1. The highest BCUT2D eigenvalue weighted by molar-refractivity contribution is 5.93. The Labute approximate surface area is 113 Å². The minimum absolute atomic E-state index is 0.0995. The lowest BCUT2D eigenvalue weighted by Gasteiger charge is -2.27. The van der Waals surface area contributed by atoms with Crippen molar-refractivity contribution in [1.29, 1.82) is 0 Å². The van der Waals surface area contributed by atoms with Crippen molar-refractivity contribution >= 4 is 11.6 Å². The van der Waals surface area contributed by atoms with E-state index >= 15 is 0 Å². The van der Waals surface area contributed by atoms with Gasteiger partial charge in [-0.1, -0.05) is 0 Å². The van der Waals surface area contributed by atoms with Gasteiger partial charge in [-0.25, -0.2) is 0 Å². The van der Waals surface area contributed by atoms with Crippen LogP contribution in [-0.4, -0.2) is 18.1 Å². The molecule has 1 heterocycles. The Balaban J connectivity index is 1.67. The molecule has 3 N–H and O–H groups in total. The first kappa shape index (κ1) is 12.5. The highest BCUT2D eigenvalue weighted by Gasteiger charge is 2.21. The number of benzene rings is 1. The van der Waals surface area contributed by atoms with Gasteiger partial charge in [-0.05, 0) is 55.9 Å². The molecular weight excluding hydrogens is 240 g/mol. The van der Waals surface area contributed by atoms with Crippen LogP contribution in [0.3, 0.4) is 0 Å². The molecule has 1 amide bonds. The molecule has 3 rings (SSSR count). The van der Waals surface area contributed by atoms with Gasteiger partial charge in [0, 0.05) is 18.2 Å². The fourth-order valence-corrected chi connectivity index (χ4v) is 2.83. The average Bonchev–Trinajstić information content (AvgIpc) is 2.42. The Morgan fingerprint density at radius 3 is 2.74 bits per heavy atom. The van der Waals surface area contributed by atoms with Crippen LogP contribution >= 0.6 is 0 Å². The second-order valence-electron chi connectivity index (χ2n) is 5.52. The van der Waals surface area contributed by atoms with Gasteiger partial charge < -0.3 is 15.8 Å². The molecule has 1 aliphatic heterocycles. The number of aryl methyl sites for hydroxylation is 1. The van der Waals surface area contributed by atoms with Crippen molar-refractivity contribution in [2.75, 3.05) is 5.32 Å². The zero-order chi connectivity index (χ0) is 13.2. The van der Waals surface area contributed by atoms with Gasteiger partial charge >= 0.3 is 0 Å². The van der Waals surface area contributed by atoms with Crippen molar-refractivity contribution in [3.8, 4) is 5.75 Å². The number of nitrogens with two attached hydrogens (primary N) is 1. The lowest BCUT2D eigenvalue weighted by Crippen LogP contribution is -2.31. The normalized spacial score (nSPS) is 26.5. The molecule has 4 heteroatoms. The summed E-state index contributed by atoms with van der Waals surface area (Å²) in [6.45, 7) is 0. The maximum atomic E-state index is 11.3. The predicted molar refractivity (Wildman–Crippen MR) is 74.3 cm³/mol. The summed E-state index contributed by atoms with van der Waals surface area (Å²) in [5.74, 6) is 1.01. The first-order valence-electron chi connectivity index (χ1n) is 7.06. The van der Waals surface area contributed by atoms with E-state index in [1.807, 2.05) is 12.1 Å². The van der Waals surface area contributed by atoms with Gasteiger partial charge in [-0.15, -0.1) is 0 Å². The molecule has 0 aromatic heterocycles. The van der Waals surface area contributed by atoms with Crippen LogP contribution in [0, 0.1) is 0 Å². The Bertz CT molecular complexity index is 479. The van der Waals surface area contributed by atoms with Gasteiger partial charge in [-0.3, -0.25) is 4.79 Å². The van der Waals surface area contributed by atoms with E-state index in [0.29, 0.717) is 12.5 Å². The molecule has 1 saturated carbocycles. The molecule has 0 unspecified atom stereocenters. The van der Waals surface area contributed by atoms with Gasteiger partial charge in [0.25, 0.3) is 0 Å². The van der Waals surface area contributed by atoms with E-state index in [1.54, 1.807) is 0 Å². The highest BCUT2D eigenvalue weighted by Crippen LogP contribution is 2.29. The SMILES string of the molecule is NC1CCC(Oc2ccc3c(c2)CCC(=O)N3)CC1. The molecule has 0 atom stereocenters. The summed E-state index contributed by atoms with van der Waals surface area (Å²) in [5, 5.41) is 2.89. The molecule has 1 aromatic carbocycles. The second kappa shape index (κ2) is 5.21. The Morgan fingerprint density at radius 1 is 1.16 bits per heavy atom. The van der Waals surface area contributed by atoms with Crippen LogP contribution in [0.4, 0.5) is 5.69 Å². The van der Waals surface area contributed by atoms with Gasteiger partial charge in [0.05, 0.1) is 6.10 Å². The summed E-state index contributed by atoms with van der Waals surface area (Å²) in [7, 11) is 0. The number of carbonyl (C=O) groups excluding carboxylic acids is 1. The fourth-order valence-electron chi connectivity index (χ4n) is 2.83. The van der Waals surface area contributed by atoms with Gasteiger partial charge in [0.1, 0.15) is 5.75 Å². The second-order valence-corrected chi connectivity index (χ2v) is 5.52. The van der Waals surface area contributed by atoms with Gasteiger partial charge in [0.15, 0.2) is 0 Å².